The van der Waals surface area contributed by atoms with Crippen molar-refractivity contribution in [3.8, 4) is 0 Å². The van der Waals surface area contributed by atoms with Crippen molar-refractivity contribution in [2.45, 2.75) is 19.8 Å². The number of benzene rings is 1. The molecule has 0 saturated carbocycles. The predicted octanol–water partition coefficient (Wildman–Crippen LogP) is 3.25. The van der Waals surface area contributed by atoms with Gasteiger partial charge < -0.3 is 20.1 Å². The number of hydrogen-bond donors (Lipinski definition) is 2. The number of aliphatic imine (C=N–C) groups is 1. The monoisotopic (exact) mass is 487 g/mol. The lowest BCUT2D eigenvalue weighted by atomic mass is 10.1. The highest BCUT2D eigenvalue weighted by molar-refractivity contribution is 14.0. The summed E-state index contributed by atoms with van der Waals surface area (Å²) in [6.45, 7) is 5.82. The molecule has 0 heterocycles. The van der Waals surface area contributed by atoms with Gasteiger partial charge in [-0.1, -0.05) is 17.7 Å². The highest BCUT2D eigenvalue weighted by Gasteiger charge is 2.06. The molecule has 0 aliphatic heterocycles. The third-order valence-corrected chi connectivity index (χ3v) is 3.58. The second-order valence-electron chi connectivity index (χ2n) is 5.10. The molecular formula is C17H28ClFIN3O2. The van der Waals surface area contributed by atoms with Crippen LogP contribution >= 0.6 is 35.6 Å². The molecule has 0 fully saturated rings. The molecule has 2 N–H and O–H groups in total. The molecule has 25 heavy (non-hydrogen) atoms. The number of ether oxygens (including phenoxy) is 2. The number of guanidine groups is 1. The lowest BCUT2D eigenvalue weighted by Gasteiger charge is -2.12. The van der Waals surface area contributed by atoms with Crippen molar-refractivity contribution in [3.05, 3.63) is 34.6 Å². The molecule has 0 amide bonds. The van der Waals surface area contributed by atoms with E-state index in [-0.39, 0.29) is 29.8 Å². The summed E-state index contributed by atoms with van der Waals surface area (Å²) in [7, 11) is 1.65. The van der Waals surface area contributed by atoms with Crippen LogP contribution in [0.4, 0.5) is 4.39 Å². The first kappa shape index (κ1) is 24.4. The van der Waals surface area contributed by atoms with Crippen LogP contribution in [0.25, 0.3) is 0 Å². The molecule has 0 radical (unpaired) electrons. The first-order chi connectivity index (χ1) is 11.7. The van der Waals surface area contributed by atoms with Gasteiger partial charge in [0.1, 0.15) is 5.82 Å². The topological polar surface area (TPSA) is 54.9 Å². The SMILES string of the molecule is CCNC(=NCCCOCCOC)NCCc1c(F)cccc1Cl.I. The molecule has 0 atom stereocenters. The van der Waals surface area contributed by atoms with Crippen LogP contribution < -0.4 is 10.6 Å². The van der Waals surface area contributed by atoms with E-state index in [0.717, 1.165) is 13.0 Å². The summed E-state index contributed by atoms with van der Waals surface area (Å²) in [5.74, 6) is 0.432. The van der Waals surface area contributed by atoms with Crippen molar-refractivity contribution < 1.29 is 13.9 Å². The number of rotatable bonds is 11. The van der Waals surface area contributed by atoms with E-state index in [1.165, 1.54) is 6.07 Å². The zero-order valence-electron chi connectivity index (χ0n) is 14.8. The van der Waals surface area contributed by atoms with Crippen LogP contribution in [0.1, 0.15) is 18.9 Å². The fourth-order valence-electron chi connectivity index (χ4n) is 2.02. The number of nitrogens with one attached hydrogen (secondary N) is 2. The maximum absolute atomic E-state index is 13.7. The minimum Gasteiger partial charge on any atom is -0.382 e. The van der Waals surface area contributed by atoms with E-state index in [0.29, 0.717) is 55.9 Å². The molecule has 0 aromatic heterocycles. The molecule has 1 aromatic rings. The van der Waals surface area contributed by atoms with Crippen molar-refractivity contribution in [2.24, 2.45) is 4.99 Å². The molecule has 0 spiro atoms. The quantitative estimate of drug-likeness (QED) is 0.218. The van der Waals surface area contributed by atoms with Gasteiger partial charge in [-0.3, -0.25) is 4.99 Å². The van der Waals surface area contributed by atoms with Gasteiger partial charge in [-0.25, -0.2) is 4.39 Å². The Balaban J connectivity index is 0.00000576. The smallest absolute Gasteiger partial charge is 0.191 e. The number of methoxy groups -OCH3 is 1. The van der Waals surface area contributed by atoms with E-state index >= 15 is 0 Å². The second-order valence-corrected chi connectivity index (χ2v) is 5.50. The van der Waals surface area contributed by atoms with Crippen LogP contribution in [-0.2, 0) is 15.9 Å². The number of hydrogen-bond acceptors (Lipinski definition) is 3. The van der Waals surface area contributed by atoms with E-state index < -0.39 is 0 Å². The predicted molar refractivity (Wildman–Crippen MR) is 112 cm³/mol. The standard InChI is InChI=1S/C17H27ClFN3O2.HI/c1-3-20-17(21-9-5-11-24-13-12-23-2)22-10-8-14-15(18)6-4-7-16(14)19;/h4,6-7H,3,5,8-13H2,1-2H3,(H2,20,21,22);1H. The minimum atomic E-state index is -0.278. The molecule has 0 bridgehead atoms. The van der Waals surface area contributed by atoms with Gasteiger partial charge in [-0.05, 0) is 31.9 Å². The number of nitrogens with zero attached hydrogens (tertiary/aromatic N) is 1. The van der Waals surface area contributed by atoms with Gasteiger partial charge in [-0.15, -0.1) is 24.0 Å². The normalized spacial score (nSPS) is 11.1. The van der Waals surface area contributed by atoms with E-state index in [1.807, 2.05) is 6.92 Å². The summed E-state index contributed by atoms with van der Waals surface area (Å²) in [6.07, 6.45) is 1.33. The third kappa shape index (κ3) is 10.8. The van der Waals surface area contributed by atoms with Crippen molar-refractivity contribution in [2.75, 3.05) is 46.6 Å². The highest BCUT2D eigenvalue weighted by atomic mass is 127. The maximum atomic E-state index is 13.7. The summed E-state index contributed by atoms with van der Waals surface area (Å²) < 4.78 is 24.0. The zero-order chi connectivity index (χ0) is 17.6. The fourth-order valence-corrected chi connectivity index (χ4v) is 2.28. The highest BCUT2D eigenvalue weighted by Crippen LogP contribution is 2.18. The van der Waals surface area contributed by atoms with Crippen LogP contribution in [0.3, 0.4) is 0 Å². The van der Waals surface area contributed by atoms with E-state index in [9.17, 15) is 4.39 Å². The fraction of sp³-hybridized carbons (Fsp3) is 0.588. The lowest BCUT2D eigenvalue weighted by molar-refractivity contribution is 0.0702. The third-order valence-electron chi connectivity index (χ3n) is 3.22. The Labute approximate surface area is 171 Å². The molecule has 0 aliphatic carbocycles. The van der Waals surface area contributed by atoms with Crippen molar-refractivity contribution >= 4 is 41.5 Å². The van der Waals surface area contributed by atoms with Crippen LogP contribution in [0, 0.1) is 5.82 Å². The molecule has 0 unspecified atom stereocenters. The molecular weight excluding hydrogens is 460 g/mol. The average Bonchev–Trinajstić information content (AvgIpc) is 2.56. The molecule has 0 aliphatic rings. The van der Waals surface area contributed by atoms with Gasteiger partial charge in [0.25, 0.3) is 0 Å². The van der Waals surface area contributed by atoms with Gasteiger partial charge in [-0.2, -0.15) is 0 Å². The van der Waals surface area contributed by atoms with Crippen LogP contribution in [0.2, 0.25) is 5.02 Å². The molecule has 1 rings (SSSR count). The maximum Gasteiger partial charge on any atom is 0.191 e. The van der Waals surface area contributed by atoms with E-state index in [1.54, 1.807) is 19.2 Å². The van der Waals surface area contributed by atoms with Gasteiger partial charge in [0.05, 0.1) is 13.2 Å². The minimum absolute atomic E-state index is 0. The van der Waals surface area contributed by atoms with E-state index in [2.05, 4.69) is 15.6 Å². The van der Waals surface area contributed by atoms with Gasteiger partial charge >= 0.3 is 0 Å². The first-order valence-electron chi connectivity index (χ1n) is 8.20. The Bertz CT molecular complexity index is 487. The molecule has 0 saturated heterocycles. The summed E-state index contributed by atoms with van der Waals surface area (Å²) in [5, 5.41) is 6.80. The Morgan fingerprint density at radius 3 is 2.72 bits per heavy atom. The summed E-state index contributed by atoms with van der Waals surface area (Å²) in [4.78, 5) is 4.46. The van der Waals surface area contributed by atoms with E-state index in [4.69, 9.17) is 21.1 Å². The largest absolute Gasteiger partial charge is 0.382 e. The van der Waals surface area contributed by atoms with Crippen molar-refractivity contribution in [1.29, 1.82) is 0 Å². The van der Waals surface area contributed by atoms with Gasteiger partial charge in [0.15, 0.2) is 5.96 Å². The molecule has 1 aromatic carbocycles. The second kappa shape index (κ2) is 15.6. The van der Waals surface area contributed by atoms with Crippen molar-refractivity contribution in [3.63, 3.8) is 0 Å². The van der Waals surface area contributed by atoms with Gasteiger partial charge in [0, 0.05) is 43.9 Å². The Morgan fingerprint density at radius 2 is 2.04 bits per heavy atom. The van der Waals surface area contributed by atoms with Crippen molar-refractivity contribution in [1.82, 2.24) is 10.6 Å². The molecule has 144 valence electrons. The summed E-state index contributed by atoms with van der Waals surface area (Å²) >= 11 is 6.02. The van der Waals surface area contributed by atoms with Gasteiger partial charge in [0.2, 0.25) is 0 Å². The van der Waals surface area contributed by atoms with Crippen LogP contribution in [-0.4, -0.2) is 52.5 Å². The number of halogens is 3. The molecule has 5 nitrogen and oxygen atoms in total. The van der Waals surface area contributed by atoms with Crippen LogP contribution in [0.5, 0.6) is 0 Å². The summed E-state index contributed by atoms with van der Waals surface area (Å²) in [6, 6.07) is 4.72. The Hall–Kier alpha value is -0.640. The Kier molecular flexibility index (Phi) is 15.2. The zero-order valence-corrected chi connectivity index (χ0v) is 17.9. The lowest BCUT2D eigenvalue weighted by Crippen LogP contribution is -2.38. The average molecular weight is 488 g/mol. The molecule has 8 heteroatoms. The Morgan fingerprint density at radius 1 is 1.24 bits per heavy atom. The first-order valence-corrected chi connectivity index (χ1v) is 8.58. The van der Waals surface area contributed by atoms with Crippen LogP contribution in [0.15, 0.2) is 23.2 Å². The summed E-state index contributed by atoms with van der Waals surface area (Å²) in [5.41, 5.74) is 0.522.